The Morgan fingerprint density at radius 2 is 1.91 bits per heavy atom. The summed E-state index contributed by atoms with van der Waals surface area (Å²) in [5.41, 5.74) is 1.65. The zero-order valence-corrected chi connectivity index (χ0v) is 12.5. The van der Waals surface area contributed by atoms with Gasteiger partial charge in [0.15, 0.2) is 6.29 Å². The van der Waals surface area contributed by atoms with Crippen LogP contribution in [0.2, 0.25) is 5.02 Å². The molecule has 0 amide bonds. The van der Waals surface area contributed by atoms with Crippen molar-refractivity contribution < 1.29 is 4.79 Å². The van der Waals surface area contributed by atoms with Gasteiger partial charge in [0.2, 0.25) is 0 Å². The maximum absolute atomic E-state index is 12.4. The van der Waals surface area contributed by atoms with Crippen LogP contribution >= 0.6 is 11.6 Å². The molecule has 0 atom stereocenters. The first kappa shape index (κ1) is 14.3. The van der Waals surface area contributed by atoms with E-state index >= 15 is 0 Å². The SMILES string of the molecule is Cc1ccc2nc(Nc3ccc(Cl)cc3)c(C=O)c(=O)n2c1. The van der Waals surface area contributed by atoms with Gasteiger partial charge < -0.3 is 5.32 Å². The topological polar surface area (TPSA) is 63.5 Å². The van der Waals surface area contributed by atoms with Crippen molar-refractivity contribution in [3.05, 3.63) is 69.1 Å². The number of benzene rings is 1. The molecular formula is C16H12ClN3O2. The zero-order valence-electron chi connectivity index (χ0n) is 11.7. The molecule has 0 unspecified atom stereocenters. The molecule has 0 spiro atoms. The highest BCUT2D eigenvalue weighted by atomic mass is 35.5. The van der Waals surface area contributed by atoms with E-state index in [1.54, 1.807) is 36.5 Å². The van der Waals surface area contributed by atoms with Crippen LogP contribution in [0.25, 0.3) is 5.65 Å². The van der Waals surface area contributed by atoms with Crippen LogP contribution in [-0.4, -0.2) is 15.7 Å². The number of carbonyl (C=O) groups is 1. The van der Waals surface area contributed by atoms with Gasteiger partial charge in [-0.25, -0.2) is 4.98 Å². The molecule has 2 heterocycles. The predicted molar refractivity (Wildman–Crippen MR) is 86.3 cm³/mol. The molecule has 3 rings (SSSR count). The summed E-state index contributed by atoms with van der Waals surface area (Å²) in [7, 11) is 0. The van der Waals surface area contributed by atoms with Crippen molar-refractivity contribution in [2.24, 2.45) is 0 Å². The average molecular weight is 314 g/mol. The van der Waals surface area contributed by atoms with Crippen molar-refractivity contribution in [2.75, 3.05) is 5.32 Å². The number of rotatable bonds is 3. The normalized spacial score (nSPS) is 10.6. The predicted octanol–water partition coefficient (Wildman–Crippen LogP) is 3.21. The van der Waals surface area contributed by atoms with Crippen LogP contribution in [0, 0.1) is 6.92 Å². The summed E-state index contributed by atoms with van der Waals surface area (Å²) >= 11 is 5.84. The number of halogens is 1. The summed E-state index contributed by atoms with van der Waals surface area (Å²) in [6.45, 7) is 1.87. The van der Waals surface area contributed by atoms with Gasteiger partial charge in [0, 0.05) is 16.9 Å². The third-order valence-electron chi connectivity index (χ3n) is 3.23. The van der Waals surface area contributed by atoms with E-state index < -0.39 is 5.56 Å². The molecule has 6 heteroatoms. The molecule has 0 bridgehead atoms. The van der Waals surface area contributed by atoms with Crippen LogP contribution in [-0.2, 0) is 0 Å². The van der Waals surface area contributed by atoms with Crippen LogP contribution < -0.4 is 10.9 Å². The molecule has 0 radical (unpaired) electrons. The molecule has 0 fully saturated rings. The lowest BCUT2D eigenvalue weighted by atomic mass is 10.2. The summed E-state index contributed by atoms with van der Waals surface area (Å²) in [4.78, 5) is 28.1. The molecule has 0 aliphatic rings. The first-order valence-electron chi connectivity index (χ1n) is 6.59. The lowest BCUT2D eigenvalue weighted by molar-refractivity contribution is 0.112. The van der Waals surface area contributed by atoms with Crippen LogP contribution in [0.3, 0.4) is 0 Å². The highest BCUT2D eigenvalue weighted by Crippen LogP contribution is 2.19. The second-order valence-corrected chi connectivity index (χ2v) is 5.30. The number of aromatic nitrogens is 2. The molecule has 0 saturated heterocycles. The second kappa shape index (κ2) is 5.61. The Bertz CT molecular complexity index is 917. The molecular weight excluding hydrogens is 302 g/mol. The number of pyridine rings is 1. The minimum Gasteiger partial charge on any atom is -0.339 e. The Morgan fingerprint density at radius 1 is 1.18 bits per heavy atom. The van der Waals surface area contributed by atoms with E-state index in [2.05, 4.69) is 10.3 Å². The van der Waals surface area contributed by atoms with E-state index in [-0.39, 0.29) is 11.4 Å². The van der Waals surface area contributed by atoms with Gasteiger partial charge in [-0.05, 0) is 42.8 Å². The maximum atomic E-state index is 12.4. The van der Waals surface area contributed by atoms with Crippen LogP contribution in [0.5, 0.6) is 0 Å². The summed E-state index contributed by atoms with van der Waals surface area (Å²) < 4.78 is 1.37. The number of aldehydes is 1. The quantitative estimate of drug-likeness (QED) is 0.754. The minimum atomic E-state index is -0.403. The fraction of sp³-hybridized carbons (Fsp3) is 0.0625. The van der Waals surface area contributed by atoms with Crippen molar-refractivity contribution in [3.63, 3.8) is 0 Å². The number of nitrogens with one attached hydrogen (secondary N) is 1. The van der Waals surface area contributed by atoms with E-state index in [1.165, 1.54) is 4.40 Å². The monoisotopic (exact) mass is 313 g/mol. The number of hydrogen-bond acceptors (Lipinski definition) is 4. The van der Waals surface area contributed by atoms with E-state index in [0.29, 0.717) is 22.6 Å². The van der Waals surface area contributed by atoms with Crippen molar-refractivity contribution in [3.8, 4) is 0 Å². The summed E-state index contributed by atoms with van der Waals surface area (Å²) in [6.07, 6.45) is 2.17. The van der Waals surface area contributed by atoms with E-state index in [4.69, 9.17) is 11.6 Å². The minimum absolute atomic E-state index is 0.0157. The Kier molecular flexibility index (Phi) is 3.65. The third-order valence-corrected chi connectivity index (χ3v) is 3.48. The molecule has 3 aromatic rings. The van der Waals surface area contributed by atoms with E-state index in [1.807, 2.05) is 13.0 Å². The first-order valence-corrected chi connectivity index (χ1v) is 6.97. The maximum Gasteiger partial charge on any atom is 0.270 e. The van der Waals surface area contributed by atoms with E-state index in [0.717, 1.165) is 5.56 Å². The largest absolute Gasteiger partial charge is 0.339 e. The highest BCUT2D eigenvalue weighted by molar-refractivity contribution is 6.30. The molecule has 0 aliphatic heterocycles. The van der Waals surface area contributed by atoms with Gasteiger partial charge in [-0.3, -0.25) is 14.0 Å². The molecule has 110 valence electrons. The summed E-state index contributed by atoms with van der Waals surface area (Å²) in [5, 5.41) is 3.58. The second-order valence-electron chi connectivity index (χ2n) is 4.86. The van der Waals surface area contributed by atoms with Crippen LogP contribution in [0.1, 0.15) is 15.9 Å². The summed E-state index contributed by atoms with van der Waals surface area (Å²) in [5.74, 6) is 0.228. The molecule has 22 heavy (non-hydrogen) atoms. The van der Waals surface area contributed by atoms with Gasteiger partial charge in [0.1, 0.15) is 17.0 Å². The van der Waals surface area contributed by atoms with Gasteiger partial charge in [0.05, 0.1) is 0 Å². The third kappa shape index (κ3) is 2.58. The molecule has 1 N–H and O–H groups in total. The number of aryl methyl sites for hydroxylation is 1. The molecule has 0 saturated carbocycles. The van der Waals surface area contributed by atoms with Gasteiger partial charge in [-0.15, -0.1) is 0 Å². The van der Waals surface area contributed by atoms with Crippen molar-refractivity contribution >= 4 is 35.0 Å². The van der Waals surface area contributed by atoms with Crippen LogP contribution in [0.4, 0.5) is 11.5 Å². The summed E-state index contributed by atoms with van der Waals surface area (Å²) in [6, 6.07) is 10.5. The van der Waals surface area contributed by atoms with Crippen molar-refractivity contribution in [2.45, 2.75) is 6.92 Å². The van der Waals surface area contributed by atoms with Gasteiger partial charge in [-0.2, -0.15) is 0 Å². The Labute approximate surface area is 131 Å². The van der Waals surface area contributed by atoms with Crippen molar-refractivity contribution in [1.82, 2.24) is 9.38 Å². The standard InChI is InChI=1S/C16H12ClN3O2/c1-10-2-7-14-19-15(13(9-21)16(22)20(14)8-10)18-12-5-3-11(17)4-6-12/h2-9,18H,1H3. The van der Waals surface area contributed by atoms with Gasteiger partial charge >= 0.3 is 0 Å². The van der Waals surface area contributed by atoms with Crippen molar-refractivity contribution in [1.29, 1.82) is 0 Å². The number of carbonyl (C=O) groups excluding carboxylic acids is 1. The molecule has 2 aromatic heterocycles. The van der Waals surface area contributed by atoms with Crippen LogP contribution in [0.15, 0.2) is 47.4 Å². The van der Waals surface area contributed by atoms with Gasteiger partial charge in [0.25, 0.3) is 5.56 Å². The smallest absolute Gasteiger partial charge is 0.270 e. The Morgan fingerprint density at radius 3 is 2.59 bits per heavy atom. The molecule has 1 aromatic carbocycles. The number of hydrogen-bond donors (Lipinski definition) is 1. The molecule has 5 nitrogen and oxygen atoms in total. The van der Waals surface area contributed by atoms with Gasteiger partial charge in [-0.1, -0.05) is 17.7 Å². The highest BCUT2D eigenvalue weighted by Gasteiger charge is 2.12. The lowest BCUT2D eigenvalue weighted by Gasteiger charge is -2.10. The number of anilines is 2. The molecule has 0 aliphatic carbocycles. The fourth-order valence-corrected chi connectivity index (χ4v) is 2.26. The Hall–Kier alpha value is -2.66. The number of nitrogens with zero attached hydrogens (tertiary/aromatic N) is 2. The lowest BCUT2D eigenvalue weighted by Crippen LogP contribution is -2.21. The van der Waals surface area contributed by atoms with E-state index in [9.17, 15) is 9.59 Å². The fourth-order valence-electron chi connectivity index (χ4n) is 2.13. The number of fused-ring (bicyclic) bond motifs is 1. The Balaban J connectivity index is 2.16. The first-order chi connectivity index (χ1) is 10.6. The average Bonchev–Trinajstić information content (AvgIpc) is 2.51. The zero-order chi connectivity index (χ0) is 15.7.